The largest absolute Gasteiger partial charge is 0.390 e. The molecule has 17 heavy (non-hydrogen) atoms. The molecule has 2 atom stereocenters. The highest BCUT2D eigenvalue weighted by molar-refractivity contribution is 6.17. The lowest BCUT2D eigenvalue weighted by atomic mass is 10.0. The molecule has 6 heteroatoms. The van der Waals surface area contributed by atoms with Crippen molar-refractivity contribution in [3.05, 3.63) is 45.8 Å². The van der Waals surface area contributed by atoms with E-state index in [0.717, 1.165) is 5.56 Å². The molecule has 1 rings (SSSR count). The third kappa shape index (κ3) is 4.24. The number of alkyl halides is 1. The molecular formula is C11H14ClN3O2. The van der Waals surface area contributed by atoms with Gasteiger partial charge in [0.2, 0.25) is 0 Å². The minimum absolute atomic E-state index is 0.161. The number of rotatable bonds is 6. The van der Waals surface area contributed by atoms with Gasteiger partial charge >= 0.3 is 0 Å². The van der Waals surface area contributed by atoms with Gasteiger partial charge in [0.15, 0.2) is 0 Å². The first-order valence-corrected chi connectivity index (χ1v) is 5.74. The van der Waals surface area contributed by atoms with E-state index in [-0.39, 0.29) is 13.0 Å². The van der Waals surface area contributed by atoms with Crippen LogP contribution in [-0.2, 0) is 5.88 Å². The number of hydrogen-bond acceptors (Lipinski definition) is 3. The highest BCUT2D eigenvalue weighted by Crippen LogP contribution is 2.20. The first-order valence-electron chi connectivity index (χ1n) is 5.21. The average molecular weight is 256 g/mol. The van der Waals surface area contributed by atoms with Gasteiger partial charge < -0.3 is 10.2 Å². The lowest BCUT2D eigenvalue weighted by Gasteiger charge is -2.17. The summed E-state index contributed by atoms with van der Waals surface area (Å²) in [5.41, 5.74) is 9.66. The fourth-order valence-electron chi connectivity index (χ4n) is 1.42. The van der Waals surface area contributed by atoms with Crippen molar-refractivity contribution in [3.8, 4) is 0 Å². The van der Waals surface area contributed by atoms with Crippen LogP contribution >= 0.6 is 11.6 Å². The van der Waals surface area contributed by atoms with Crippen LogP contribution in [0.5, 0.6) is 0 Å². The summed E-state index contributed by atoms with van der Waals surface area (Å²) in [6.07, 6.45) is -1.70. The van der Waals surface area contributed by atoms with E-state index in [1.165, 1.54) is 0 Å². The summed E-state index contributed by atoms with van der Waals surface area (Å²) < 4.78 is 0. The van der Waals surface area contributed by atoms with E-state index in [1.807, 2.05) is 0 Å². The van der Waals surface area contributed by atoms with Crippen LogP contribution in [0.25, 0.3) is 10.4 Å². The van der Waals surface area contributed by atoms with Crippen LogP contribution in [0.4, 0.5) is 0 Å². The summed E-state index contributed by atoms with van der Waals surface area (Å²) in [5, 5.41) is 22.8. The summed E-state index contributed by atoms with van der Waals surface area (Å²) in [7, 11) is 0. The molecule has 5 nitrogen and oxygen atoms in total. The van der Waals surface area contributed by atoms with Crippen molar-refractivity contribution in [2.75, 3.05) is 6.54 Å². The quantitative estimate of drug-likeness (QED) is 0.354. The second-order valence-corrected chi connectivity index (χ2v) is 3.90. The Hall–Kier alpha value is -1.26. The molecule has 0 bridgehead atoms. The molecule has 0 aliphatic carbocycles. The molecule has 0 aromatic heterocycles. The van der Waals surface area contributed by atoms with E-state index in [4.69, 9.17) is 17.1 Å². The van der Waals surface area contributed by atoms with Crippen molar-refractivity contribution < 1.29 is 10.2 Å². The maximum Gasteiger partial charge on any atom is 0.105 e. The maximum absolute atomic E-state index is 9.83. The Balaban J connectivity index is 2.60. The van der Waals surface area contributed by atoms with Crippen molar-refractivity contribution in [2.45, 2.75) is 24.5 Å². The molecule has 0 saturated heterocycles. The fraction of sp³-hybridized carbons (Fsp3) is 0.455. The fourth-order valence-corrected chi connectivity index (χ4v) is 1.60. The lowest BCUT2D eigenvalue weighted by Crippen LogP contribution is -2.19. The standard InChI is InChI=1S/C11H14ClN3O2/c12-7-8-1-3-9(4-2-8)11(17)10(16)5-6-14-15-13/h1-4,10-11,16-17H,5-7H2. The van der Waals surface area contributed by atoms with Crippen LogP contribution in [-0.4, -0.2) is 22.9 Å². The van der Waals surface area contributed by atoms with Gasteiger partial charge in [-0.05, 0) is 23.1 Å². The third-order valence-electron chi connectivity index (χ3n) is 2.43. The van der Waals surface area contributed by atoms with Crippen molar-refractivity contribution in [2.24, 2.45) is 5.11 Å². The van der Waals surface area contributed by atoms with Gasteiger partial charge in [0.05, 0.1) is 6.10 Å². The molecule has 0 heterocycles. The molecule has 0 amide bonds. The minimum atomic E-state index is -0.978. The summed E-state index contributed by atoms with van der Waals surface area (Å²) in [5.74, 6) is 0.413. The first-order chi connectivity index (χ1) is 8.19. The Morgan fingerprint density at radius 3 is 2.47 bits per heavy atom. The van der Waals surface area contributed by atoms with Gasteiger partial charge in [-0.1, -0.05) is 29.4 Å². The lowest BCUT2D eigenvalue weighted by molar-refractivity contribution is 0.0150. The first kappa shape index (κ1) is 13.8. The molecule has 0 aliphatic heterocycles. The van der Waals surface area contributed by atoms with Gasteiger partial charge in [-0.25, -0.2) is 0 Å². The normalized spacial score (nSPS) is 13.8. The van der Waals surface area contributed by atoms with E-state index < -0.39 is 12.2 Å². The molecule has 0 radical (unpaired) electrons. The van der Waals surface area contributed by atoms with Crippen molar-refractivity contribution in [1.29, 1.82) is 0 Å². The molecule has 1 aromatic carbocycles. The molecular weight excluding hydrogens is 242 g/mol. The van der Waals surface area contributed by atoms with Crippen LogP contribution in [0.3, 0.4) is 0 Å². The zero-order chi connectivity index (χ0) is 12.7. The number of aliphatic hydroxyl groups excluding tert-OH is 2. The number of aliphatic hydroxyl groups is 2. The molecule has 0 saturated carbocycles. The molecule has 2 unspecified atom stereocenters. The zero-order valence-electron chi connectivity index (χ0n) is 9.20. The topological polar surface area (TPSA) is 89.2 Å². The van der Waals surface area contributed by atoms with Crippen LogP contribution in [0.2, 0.25) is 0 Å². The zero-order valence-corrected chi connectivity index (χ0v) is 9.96. The van der Waals surface area contributed by atoms with Gasteiger partial charge in [0.25, 0.3) is 0 Å². The van der Waals surface area contributed by atoms with Crippen molar-refractivity contribution in [3.63, 3.8) is 0 Å². The number of hydrogen-bond donors (Lipinski definition) is 2. The second-order valence-electron chi connectivity index (χ2n) is 3.63. The van der Waals surface area contributed by atoms with E-state index in [9.17, 15) is 10.2 Å². The molecule has 0 spiro atoms. The van der Waals surface area contributed by atoms with E-state index in [0.29, 0.717) is 11.4 Å². The Labute approximate surface area is 104 Å². The average Bonchev–Trinajstić information content (AvgIpc) is 2.38. The minimum Gasteiger partial charge on any atom is -0.390 e. The van der Waals surface area contributed by atoms with Gasteiger partial charge in [-0.2, -0.15) is 0 Å². The van der Waals surface area contributed by atoms with Crippen LogP contribution < -0.4 is 0 Å². The van der Waals surface area contributed by atoms with Crippen LogP contribution in [0.15, 0.2) is 29.4 Å². The number of benzene rings is 1. The molecule has 0 aliphatic rings. The maximum atomic E-state index is 9.83. The number of nitrogens with zero attached hydrogens (tertiary/aromatic N) is 3. The highest BCUT2D eigenvalue weighted by atomic mass is 35.5. The number of halogens is 1. The summed E-state index contributed by atoms with van der Waals surface area (Å²) in [6.45, 7) is 0.161. The summed E-state index contributed by atoms with van der Waals surface area (Å²) in [6, 6.07) is 7.04. The molecule has 0 fully saturated rings. The third-order valence-corrected chi connectivity index (χ3v) is 2.74. The van der Waals surface area contributed by atoms with Gasteiger partial charge in [0.1, 0.15) is 6.10 Å². The Bertz CT molecular complexity index is 390. The predicted molar refractivity (Wildman–Crippen MR) is 65.6 cm³/mol. The van der Waals surface area contributed by atoms with Crippen LogP contribution in [0, 0.1) is 0 Å². The number of azide groups is 1. The molecule has 2 N–H and O–H groups in total. The van der Waals surface area contributed by atoms with E-state index >= 15 is 0 Å². The Morgan fingerprint density at radius 1 is 1.29 bits per heavy atom. The van der Waals surface area contributed by atoms with Gasteiger partial charge in [-0.3, -0.25) is 0 Å². The monoisotopic (exact) mass is 255 g/mol. The highest BCUT2D eigenvalue weighted by Gasteiger charge is 2.17. The van der Waals surface area contributed by atoms with E-state index in [1.54, 1.807) is 24.3 Å². The Kier molecular flexibility index (Phi) is 5.80. The molecule has 1 aromatic rings. The smallest absolute Gasteiger partial charge is 0.105 e. The second kappa shape index (κ2) is 7.14. The van der Waals surface area contributed by atoms with E-state index in [2.05, 4.69) is 10.0 Å². The summed E-state index contributed by atoms with van der Waals surface area (Å²) in [4.78, 5) is 2.58. The van der Waals surface area contributed by atoms with Gasteiger partial charge in [0, 0.05) is 17.3 Å². The van der Waals surface area contributed by atoms with Crippen molar-refractivity contribution in [1.82, 2.24) is 0 Å². The Morgan fingerprint density at radius 2 is 1.94 bits per heavy atom. The predicted octanol–water partition coefficient (Wildman–Crippen LogP) is 2.52. The summed E-state index contributed by atoms with van der Waals surface area (Å²) >= 11 is 5.65. The van der Waals surface area contributed by atoms with Gasteiger partial charge in [-0.15, -0.1) is 11.6 Å². The van der Waals surface area contributed by atoms with Crippen molar-refractivity contribution >= 4 is 11.6 Å². The molecule has 92 valence electrons. The van der Waals surface area contributed by atoms with Crippen LogP contribution in [0.1, 0.15) is 23.7 Å². The SMILES string of the molecule is [N-]=[N+]=NCCC(O)C(O)c1ccc(CCl)cc1.